The molecule has 38 heavy (non-hydrogen) atoms. The summed E-state index contributed by atoms with van der Waals surface area (Å²) in [5.41, 5.74) is 3.34. The van der Waals surface area contributed by atoms with E-state index in [9.17, 15) is 18.3 Å². The fourth-order valence-electron chi connectivity index (χ4n) is 4.33. The molecule has 0 saturated carbocycles. The number of halogens is 1. The highest BCUT2D eigenvalue weighted by atomic mass is 35.5. The standard InChI is InChI=1S/C26H30ClN5O5S/c1-15-9-19(6-7-21(15)27)38(35,36)31-23-11-18(12-29-25(23)37-4)17-5-8-22-20(10-17)26(34)32(14-30-22)13-16(2)24(33)28-3/h5,7-12,14,16,19,26,31,34H,6,13H2,1-4H3,(H,28,33)/t16-,19?,26?/m1/s1. The number of rotatable bonds is 8. The molecule has 1 aromatic heterocycles. The van der Waals surface area contributed by atoms with Crippen LogP contribution in [0, 0.1) is 5.92 Å². The zero-order valence-corrected chi connectivity index (χ0v) is 23.0. The van der Waals surface area contributed by atoms with Crippen molar-refractivity contribution in [1.82, 2.24) is 15.2 Å². The molecule has 0 spiro atoms. The highest BCUT2D eigenvalue weighted by Gasteiger charge is 2.28. The normalized spacial score (nSPS) is 19.7. The molecule has 1 aromatic carbocycles. The minimum absolute atomic E-state index is 0.124. The topological polar surface area (TPSA) is 133 Å². The monoisotopic (exact) mass is 559 g/mol. The van der Waals surface area contributed by atoms with Gasteiger partial charge in [-0.25, -0.2) is 18.4 Å². The first-order chi connectivity index (χ1) is 18.0. The number of ether oxygens (including phenoxy) is 1. The molecule has 0 fully saturated rings. The molecule has 2 unspecified atom stereocenters. The lowest BCUT2D eigenvalue weighted by Crippen LogP contribution is -2.38. The van der Waals surface area contributed by atoms with Crippen LogP contribution in [0.2, 0.25) is 0 Å². The van der Waals surface area contributed by atoms with Gasteiger partial charge in [-0.05, 0) is 42.7 Å². The van der Waals surface area contributed by atoms with E-state index in [1.165, 1.54) is 13.4 Å². The van der Waals surface area contributed by atoms with Crippen molar-refractivity contribution in [3.63, 3.8) is 0 Å². The molecule has 0 bridgehead atoms. The summed E-state index contributed by atoms with van der Waals surface area (Å²) in [6, 6.07) is 6.99. The van der Waals surface area contributed by atoms with Crippen LogP contribution in [-0.4, -0.2) is 61.6 Å². The summed E-state index contributed by atoms with van der Waals surface area (Å²) in [6.07, 6.45) is 5.63. The molecule has 10 nitrogen and oxygen atoms in total. The van der Waals surface area contributed by atoms with Crippen molar-refractivity contribution in [2.75, 3.05) is 25.4 Å². The number of carbonyl (C=O) groups is 1. The summed E-state index contributed by atoms with van der Waals surface area (Å²) in [4.78, 5) is 22.3. The maximum absolute atomic E-state index is 13.2. The molecule has 2 aromatic rings. The van der Waals surface area contributed by atoms with Gasteiger partial charge in [-0.15, -0.1) is 0 Å². The molecule has 12 heteroatoms. The number of hydrogen-bond donors (Lipinski definition) is 3. The number of benzene rings is 1. The zero-order chi connectivity index (χ0) is 27.6. The van der Waals surface area contributed by atoms with Gasteiger partial charge in [-0.3, -0.25) is 9.52 Å². The molecule has 0 saturated heterocycles. The van der Waals surface area contributed by atoms with E-state index in [-0.39, 0.29) is 36.4 Å². The number of hydrogen-bond acceptors (Lipinski definition) is 8. The SMILES string of the molecule is CNC(=O)[C@H](C)CN1C=Nc2ccc(-c3cnc(OC)c(NS(=O)(=O)C4C=C(C)C(Cl)=CC4)c3)cc2C1O. The fourth-order valence-corrected chi connectivity index (χ4v) is 5.82. The smallest absolute Gasteiger partial charge is 0.239 e. The van der Waals surface area contributed by atoms with Crippen molar-refractivity contribution in [3.8, 4) is 17.0 Å². The van der Waals surface area contributed by atoms with Gasteiger partial charge in [0.05, 0.1) is 25.1 Å². The van der Waals surface area contributed by atoms with E-state index < -0.39 is 21.5 Å². The summed E-state index contributed by atoms with van der Waals surface area (Å²) in [7, 11) is -0.845. The van der Waals surface area contributed by atoms with Gasteiger partial charge in [0.15, 0.2) is 6.23 Å². The van der Waals surface area contributed by atoms with Crippen LogP contribution < -0.4 is 14.8 Å². The zero-order valence-electron chi connectivity index (χ0n) is 21.5. The number of amides is 1. The molecule has 1 aliphatic heterocycles. The summed E-state index contributed by atoms with van der Waals surface area (Å²) in [5, 5.41) is 13.4. The van der Waals surface area contributed by atoms with Crippen LogP contribution in [0.5, 0.6) is 5.88 Å². The van der Waals surface area contributed by atoms with Gasteiger partial charge >= 0.3 is 0 Å². The molecule has 4 rings (SSSR count). The van der Waals surface area contributed by atoms with E-state index >= 15 is 0 Å². The van der Waals surface area contributed by atoms with E-state index in [0.29, 0.717) is 33.0 Å². The number of allylic oxidation sites excluding steroid dienone is 3. The summed E-state index contributed by atoms with van der Waals surface area (Å²) < 4.78 is 34.2. The van der Waals surface area contributed by atoms with Gasteiger partial charge in [0.1, 0.15) is 10.9 Å². The number of carbonyl (C=O) groups excluding carboxylic acids is 1. The third-order valence-electron chi connectivity index (χ3n) is 6.51. The summed E-state index contributed by atoms with van der Waals surface area (Å²) in [6.45, 7) is 3.81. The van der Waals surface area contributed by atoms with Crippen LogP contribution >= 0.6 is 11.6 Å². The predicted molar refractivity (Wildman–Crippen MR) is 148 cm³/mol. The fraction of sp³-hybridized carbons (Fsp3) is 0.346. The minimum atomic E-state index is -3.82. The lowest BCUT2D eigenvalue weighted by molar-refractivity contribution is -0.124. The van der Waals surface area contributed by atoms with Crippen LogP contribution in [0.3, 0.4) is 0 Å². The predicted octanol–water partition coefficient (Wildman–Crippen LogP) is 3.69. The highest BCUT2D eigenvalue weighted by Crippen LogP contribution is 2.37. The molecule has 2 heterocycles. The maximum Gasteiger partial charge on any atom is 0.239 e. The first-order valence-electron chi connectivity index (χ1n) is 12.0. The average Bonchev–Trinajstić information content (AvgIpc) is 2.90. The van der Waals surface area contributed by atoms with Crippen molar-refractivity contribution in [2.24, 2.45) is 10.9 Å². The number of aliphatic imine (C=N–C) groups is 1. The van der Waals surface area contributed by atoms with E-state index in [2.05, 4.69) is 20.0 Å². The van der Waals surface area contributed by atoms with Crippen LogP contribution in [0.15, 0.2) is 58.2 Å². The lowest BCUT2D eigenvalue weighted by atomic mass is 10.0. The molecule has 0 radical (unpaired) electrons. The Balaban J connectivity index is 1.62. The molecule has 3 atom stereocenters. The highest BCUT2D eigenvalue weighted by molar-refractivity contribution is 7.93. The van der Waals surface area contributed by atoms with Crippen molar-refractivity contribution in [2.45, 2.75) is 31.7 Å². The Kier molecular flexibility index (Phi) is 8.10. The van der Waals surface area contributed by atoms with E-state index in [0.717, 1.165) is 0 Å². The second kappa shape index (κ2) is 11.1. The minimum Gasteiger partial charge on any atom is -0.480 e. The Morgan fingerprint density at radius 3 is 2.76 bits per heavy atom. The number of nitrogens with zero attached hydrogens (tertiary/aromatic N) is 3. The van der Waals surface area contributed by atoms with Crippen molar-refractivity contribution in [1.29, 1.82) is 0 Å². The third kappa shape index (κ3) is 5.69. The van der Waals surface area contributed by atoms with Crippen LogP contribution in [0.1, 0.15) is 32.1 Å². The van der Waals surface area contributed by atoms with Crippen LogP contribution in [0.25, 0.3) is 11.1 Å². The van der Waals surface area contributed by atoms with Crippen LogP contribution in [-0.2, 0) is 14.8 Å². The first-order valence-corrected chi connectivity index (χ1v) is 13.9. The lowest BCUT2D eigenvalue weighted by Gasteiger charge is -2.32. The Labute approximate surface area is 227 Å². The van der Waals surface area contributed by atoms with E-state index in [1.54, 1.807) is 62.3 Å². The number of methoxy groups -OCH3 is 1. The van der Waals surface area contributed by atoms with E-state index in [1.807, 2.05) is 6.07 Å². The Morgan fingerprint density at radius 1 is 1.32 bits per heavy atom. The molecule has 1 amide bonds. The second-order valence-corrected chi connectivity index (χ2v) is 11.5. The van der Waals surface area contributed by atoms with Crippen LogP contribution in [0.4, 0.5) is 11.4 Å². The van der Waals surface area contributed by atoms with Gasteiger partial charge in [0, 0.05) is 35.9 Å². The second-order valence-electron chi connectivity index (χ2n) is 9.21. The number of nitrogens with one attached hydrogen (secondary N) is 2. The van der Waals surface area contributed by atoms with Crippen molar-refractivity contribution >= 4 is 45.2 Å². The molecular formula is C26H30ClN5O5S. The number of fused-ring (bicyclic) bond motifs is 1. The van der Waals surface area contributed by atoms with Gasteiger partial charge < -0.3 is 20.1 Å². The third-order valence-corrected chi connectivity index (χ3v) is 8.60. The van der Waals surface area contributed by atoms with Crippen molar-refractivity contribution < 1.29 is 23.1 Å². The molecule has 2 aliphatic rings. The average molecular weight is 560 g/mol. The number of anilines is 1. The Morgan fingerprint density at radius 2 is 2.08 bits per heavy atom. The number of aliphatic hydroxyl groups excluding tert-OH is 1. The van der Waals surface area contributed by atoms with Gasteiger partial charge in [-0.1, -0.05) is 36.7 Å². The molecule has 1 aliphatic carbocycles. The van der Waals surface area contributed by atoms with Crippen molar-refractivity contribution in [3.05, 3.63) is 58.8 Å². The summed E-state index contributed by atoms with van der Waals surface area (Å²) in [5.74, 6) is -0.372. The molecular weight excluding hydrogens is 530 g/mol. The Hall–Kier alpha value is -3.41. The number of aliphatic hydroxyl groups is 1. The Bertz CT molecular complexity index is 1440. The number of sulfonamides is 1. The molecule has 3 N–H and O–H groups in total. The van der Waals surface area contributed by atoms with Gasteiger partial charge in [0.25, 0.3) is 0 Å². The number of pyridine rings is 1. The summed E-state index contributed by atoms with van der Waals surface area (Å²) >= 11 is 6.09. The van der Waals surface area contributed by atoms with E-state index in [4.69, 9.17) is 16.3 Å². The van der Waals surface area contributed by atoms with Gasteiger partial charge in [-0.2, -0.15) is 0 Å². The van der Waals surface area contributed by atoms with Gasteiger partial charge in [0.2, 0.25) is 21.8 Å². The largest absolute Gasteiger partial charge is 0.480 e. The first kappa shape index (κ1) is 27.6. The quantitative estimate of drug-likeness (QED) is 0.449. The number of aromatic nitrogens is 1. The molecule has 202 valence electrons. The maximum atomic E-state index is 13.2.